The van der Waals surface area contributed by atoms with Gasteiger partial charge in [0.2, 0.25) is 0 Å². The van der Waals surface area contributed by atoms with Gasteiger partial charge in [0.05, 0.1) is 0 Å². The summed E-state index contributed by atoms with van der Waals surface area (Å²) in [6, 6.07) is 10.9. The number of guanidine groups is 1. The van der Waals surface area contributed by atoms with Gasteiger partial charge in [0, 0.05) is 52.0 Å². The van der Waals surface area contributed by atoms with Crippen molar-refractivity contribution in [3.05, 3.63) is 48.6 Å². The third-order valence-electron chi connectivity index (χ3n) is 5.33. The van der Waals surface area contributed by atoms with Crippen LogP contribution in [-0.4, -0.2) is 56.8 Å². The molecule has 0 aliphatic carbocycles. The molecular formula is C22H36N4O. The highest BCUT2D eigenvalue weighted by molar-refractivity contribution is 5.79. The largest absolute Gasteiger partial charge is 0.381 e. The molecule has 0 amide bonds. The van der Waals surface area contributed by atoms with Crippen LogP contribution in [0.1, 0.15) is 44.2 Å². The van der Waals surface area contributed by atoms with Crippen LogP contribution in [-0.2, 0) is 4.74 Å². The second-order valence-corrected chi connectivity index (χ2v) is 7.42. The molecule has 1 saturated heterocycles. The summed E-state index contributed by atoms with van der Waals surface area (Å²) in [7, 11) is 3.94. The summed E-state index contributed by atoms with van der Waals surface area (Å²) in [4.78, 5) is 6.66. The Balaban J connectivity index is 1.99. The van der Waals surface area contributed by atoms with E-state index in [1.54, 1.807) is 0 Å². The van der Waals surface area contributed by atoms with E-state index >= 15 is 0 Å². The van der Waals surface area contributed by atoms with Crippen LogP contribution in [0.15, 0.2) is 48.0 Å². The molecule has 2 N–H and O–H groups in total. The third-order valence-corrected chi connectivity index (χ3v) is 5.33. The highest BCUT2D eigenvalue weighted by atomic mass is 16.5. The first-order valence-corrected chi connectivity index (χ1v) is 10.0. The molecule has 27 heavy (non-hydrogen) atoms. The van der Waals surface area contributed by atoms with Crippen molar-refractivity contribution in [2.24, 2.45) is 4.99 Å². The van der Waals surface area contributed by atoms with Gasteiger partial charge in [0.25, 0.3) is 0 Å². The minimum atomic E-state index is 0.00536. The van der Waals surface area contributed by atoms with E-state index in [1.807, 2.05) is 13.1 Å². The molecular weight excluding hydrogens is 336 g/mol. The van der Waals surface area contributed by atoms with Crippen molar-refractivity contribution in [2.75, 3.05) is 40.4 Å². The van der Waals surface area contributed by atoms with Gasteiger partial charge in [0.1, 0.15) is 0 Å². The fourth-order valence-electron chi connectivity index (χ4n) is 3.63. The molecule has 150 valence electrons. The second kappa shape index (κ2) is 11.1. The lowest BCUT2D eigenvalue weighted by molar-refractivity contribution is 0.0353. The molecule has 1 aliphatic heterocycles. The number of ether oxygens (including phenoxy) is 1. The number of allylic oxidation sites excluding steroid dienone is 1. The van der Waals surface area contributed by atoms with Crippen molar-refractivity contribution in [3.8, 4) is 0 Å². The Morgan fingerprint density at radius 2 is 2.04 bits per heavy atom. The van der Waals surface area contributed by atoms with Crippen LogP contribution < -0.4 is 10.6 Å². The third kappa shape index (κ3) is 6.67. The van der Waals surface area contributed by atoms with E-state index in [0.717, 1.165) is 57.9 Å². The van der Waals surface area contributed by atoms with Gasteiger partial charge < -0.3 is 20.3 Å². The molecule has 0 saturated carbocycles. The number of hydrogen-bond donors (Lipinski definition) is 2. The number of hydrogen-bond acceptors (Lipinski definition) is 3. The Morgan fingerprint density at radius 3 is 2.67 bits per heavy atom. The summed E-state index contributed by atoms with van der Waals surface area (Å²) < 4.78 is 5.64. The molecule has 1 atom stereocenters. The highest BCUT2D eigenvalue weighted by Crippen LogP contribution is 2.25. The standard InChI is InChI=1S/C22H36N4O/c1-5-6-10-15-26(4)21(23-3)24-18-22(13-16-27-17-14-22)25-19(2)20-11-8-7-9-12-20/h5,7-9,11-12,19,25H,1,6,10,13-18H2,2-4H3,(H,23,24). The van der Waals surface area contributed by atoms with Gasteiger partial charge in [-0.25, -0.2) is 0 Å². The monoisotopic (exact) mass is 372 g/mol. The maximum atomic E-state index is 5.64. The van der Waals surface area contributed by atoms with Gasteiger partial charge in [0.15, 0.2) is 5.96 Å². The highest BCUT2D eigenvalue weighted by Gasteiger charge is 2.34. The quantitative estimate of drug-likeness (QED) is 0.302. The van der Waals surface area contributed by atoms with Crippen LogP contribution in [0.25, 0.3) is 0 Å². The first-order chi connectivity index (χ1) is 13.1. The van der Waals surface area contributed by atoms with Gasteiger partial charge in [-0.15, -0.1) is 6.58 Å². The Morgan fingerprint density at radius 1 is 1.33 bits per heavy atom. The number of nitrogens with one attached hydrogen (secondary N) is 2. The SMILES string of the molecule is C=CCCCN(C)C(=NC)NCC1(NC(C)c2ccccc2)CCOCC1. The summed E-state index contributed by atoms with van der Waals surface area (Å²) in [6.07, 6.45) is 6.07. The number of aliphatic imine (C=N–C) groups is 1. The maximum absolute atomic E-state index is 5.64. The molecule has 5 nitrogen and oxygen atoms in total. The smallest absolute Gasteiger partial charge is 0.193 e. The first kappa shape index (κ1) is 21.5. The minimum Gasteiger partial charge on any atom is -0.381 e. The Hall–Kier alpha value is -1.85. The zero-order valence-corrected chi connectivity index (χ0v) is 17.2. The lowest BCUT2D eigenvalue weighted by Crippen LogP contribution is -2.58. The maximum Gasteiger partial charge on any atom is 0.193 e. The van der Waals surface area contributed by atoms with Crippen molar-refractivity contribution in [1.82, 2.24) is 15.5 Å². The van der Waals surface area contributed by atoms with Crippen molar-refractivity contribution in [3.63, 3.8) is 0 Å². The van der Waals surface area contributed by atoms with Crippen LogP contribution >= 0.6 is 0 Å². The van der Waals surface area contributed by atoms with Gasteiger partial charge in [-0.1, -0.05) is 36.4 Å². The summed E-state index contributed by atoms with van der Waals surface area (Å²) >= 11 is 0. The minimum absolute atomic E-state index is 0.00536. The van der Waals surface area contributed by atoms with Crippen LogP contribution in [0.5, 0.6) is 0 Å². The molecule has 1 aromatic rings. The van der Waals surface area contributed by atoms with Crippen LogP contribution in [0, 0.1) is 0 Å². The molecule has 1 unspecified atom stereocenters. The predicted molar refractivity (Wildman–Crippen MR) is 114 cm³/mol. The van der Waals surface area contributed by atoms with E-state index in [4.69, 9.17) is 4.74 Å². The van der Waals surface area contributed by atoms with Crippen LogP contribution in [0.4, 0.5) is 0 Å². The number of unbranched alkanes of at least 4 members (excludes halogenated alkanes) is 1. The molecule has 0 radical (unpaired) electrons. The fraction of sp³-hybridized carbons (Fsp3) is 0.591. The summed E-state index contributed by atoms with van der Waals surface area (Å²) in [6.45, 7) is 9.43. The lowest BCUT2D eigenvalue weighted by atomic mass is 9.88. The normalized spacial score (nSPS) is 18.0. The van der Waals surface area contributed by atoms with E-state index in [1.165, 1.54) is 5.56 Å². The molecule has 5 heteroatoms. The van der Waals surface area contributed by atoms with Crippen molar-refractivity contribution in [2.45, 2.75) is 44.2 Å². The van der Waals surface area contributed by atoms with Gasteiger partial charge in [-0.2, -0.15) is 0 Å². The Bertz CT molecular complexity index is 581. The first-order valence-electron chi connectivity index (χ1n) is 10.0. The average Bonchev–Trinajstić information content (AvgIpc) is 2.70. The van der Waals surface area contributed by atoms with Crippen molar-refractivity contribution in [1.29, 1.82) is 0 Å². The molecule has 2 rings (SSSR count). The lowest BCUT2D eigenvalue weighted by Gasteiger charge is -2.41. The zero-order chi connectivity index (χ0) is 19.5. The van der Waals surface area contributed by atoms with Crippen molar-refractivity contribution >= 4 is 5.96 Å². The Labute approximate surface area is 164 Å². The van der Waals surface area contributed by atoms with E-state index in [2.05, 4.69) is 71.4 Å². The number of benzene rings is 1. The number of rotatable bonds is 9. The Kier molecular flexibility index (Phi) is 8.82. The summed E-state index contributed by atoms with van der Waals surface area (Å²) in [5.41, 5.74) is 1.32. The second-order valence-electron chi connectivity index (χ2n) is 7.42. The molecule has 1 fully saturated rings. The predicted octanol–water partition coefficient (Wildman–Crippen LogP) is 3.36. The number of nitrogens with zero attached hydrogens (tertiary/aromatic N) is 2. The van der Waals surface area contributed by atoms with E-state index in [9.17, 15) is 0 Å². The fourth-order valence-corrected chi connectivity index (χ4v) is 3.63. The zero-order valence-electron chi connectivity index (χ0n) is 17.2. The van der Waals surface area contributed by atoms with Crippen LogP contribution in [0.3, 0.4) is 0 Å². The van der Waals surface area contributed by atoms with Crippen molar-refractivity contribution < 1.29 is 4.74 Å². The van der Waals surface area contributed by atoms with E-state index < -0.39 is 0 Å². The van der Waals surface area contributed by atoms with Gasteiger partial charge in [-0.3, -0.25) is 4.99 Å². The molecule has 0 bridgehead atoms. The average molecular weight is 373 g/mol. The topological polar surface area (TPSA) is 48.9 Å². The molecule has 1 aliphatic rings. The molecule has 0 aromatic heterocycles. The van der Waals surface area contributed by atoms with E-state index in [0.29, 0.717) is 6.04 Å². The van der Waals surface area contributed by atoms with Gasteiger partial charge >= 0.3 is 0 Å². The van der Waals surface area contributed by atoms with Crippen LogP contribution in [0.2, 0.25) is 0 Å². The van der Waals surface area contributed by atoms with Gasteiger partial charge in [-0.05, 0) is 38.2 Å². The van der Waals surface area contributed by atoms with E-state index in [-0.39, 0.29) is 5.54 Å². The summed E-state index contributed by atoms with van der Waals surface area (Å²) in [5, 5.41) is 7.49. The summed E-state index contributed by atoms with van der Waals surface area (Å²) in [5.74, 6) is 0.944. The molecule has 0 spiro atoms. The molecule has 1 heterocycles. The molecule has 1 aromatic carbocycles.